The number of benzene rings is 1. The van der Waals surface area contributed by atoms with E-state index >= 15 is 0 Å². The summed E-state index contributed by atoms with van der Waals surface area (Å²) in [5.41, 5.74) is 0.966. The fraction of sp³-hybridized carbons (Fsp3) is 0.385. The monoisotopic (exact) mass is 297 g/mol. The zero-order chi connectivity index (χ0) is 13.8. The van der Waals surface area contributed by atoms with E-state index in [1.807, 2.05) is 12.1 Å². The van der Waals surface area contributed by atoms with Crippen LogP contribution in [0.25, 0.3) is 0 Å². The highest BCUT2D eigenvalue weighted by atomic mass is 35.5. The Morgan fingerprint density at radius 3 is 2.53 bits per heavy atom. The minimum Gasteiger partial charge on any atom is -0.394 e. The van der Waals surface area contributed by atoms with Gasteiger partial charge in [-0.05, 0) is 17.7 Å². The Labute approximate surface area is 121 Å². The predicted octanol–water partition coefficient (Wildman–Crippen LogP) is 3.46. The zero-order valence-electron chi connectivity index (χ0n) is 10.8. The van der Waals surface area contributed by atoms with E-state index in [-0.39, 0.29) is 12.6 Å². The summed E-state index contributed by atoms with van der Waals surface area (Å²) in [6.07, 6.45) is 0. The van der Waals surface area contributed by atoms with Gasteiger partial charge in [0.15, 0.2) is 0 Å². The Morgan fingerprint density at radius 1 is 1.32 bits per heavy atom. The van der Waals surface area contributed by atoms with Crippen LogP contribution < -0.4 is 5.32 Å². The highest BCUT2D eigenvalue weighted by molar-refractivity contribution is 7.09. The number of nitrogens with one attached hydrogen (secondary N) is 1. The molecular formula is C13H16ClN3OS. The van der Waals surface area contributed by atoms with Gasteiger partial charge in [0, 0.05) is 22.5 Å². The lowest BCUT2D eigenvalue weighted by molar-refractivity contribution is 0.276. The van der Waals surface area contributed by atoms with Crippen LogP contribution in [0.4, 0.5) is 5.13 Å². The number of aliphatic hydroxyl groups is 1. The zero-order valence-corrected chi connectivity index (χ0v) is 12.4. The number of aliphatic hydroxyl groups excluding tert-OH is 1. The molecule has 6 heteroatoms. The number of hydrogen-bond donors (Lipinski definition) is 2. The molecule has 0 radical (unpaired) electrons. The van der Waals surface area contributed by atoms with Crippen molar-refractivity contribution in [2.24, 2.45) is 0 Å². The first kappa shape index (κ1) is 14.2. The Hall–Kier alpha value is -1.17. The number of halogens is 1. The summed E-state index contributed by atoms with van der Waals surface area (Å²) in [4.78, 5) is 4.40. The van der Waals surface area contributed by atoms with E-state index in [4.69, 9.17) is 11.6 Å². The smallest absolute Gasteiger partial charge is 0.203 e. The van der Waals surface area contributed by atoms with Crippen molar-refractivity contribution in [1.29, 1.82) is 0 Å². The van der Waals surface area contributed by atoms with Crippen LogP contribution in [0, 0.1) is 0 Å². The van der Waals surface area contributed by atoms with Crippen molar-refractivity contribution in [2.45, 2.75) is 25.8 Å². The summed E-state index contributed by atoms with van der Waals surface area (Å²) < 4.78 is 4.28. The first-order valence-corrected chi connectivity index (χ1v) is 7.21. The number of hydrogen-bond acceptors (Lipinski definition) is 5. The lowest BCUT2D eigenvalue weighted by Crippen LogP contribution is -2.14. The van der Waals surface area contributed by atoms with Gasteiger partial charge in [-0.1, -0.05) is 37.6 Å². The fourth-order valence-corrected chi connectivity index (χ4v) is 2.49. The van der Waals surface area contributed by atoms with E-state index in [1.54, 1.807) is 12.1 Å². The molecule has 0 aliphatic rings. The molecule has 2 rings (SSSR count). The van der Waals surface area contributed by atoms with E-state index in [0.29, 0.717) is 10.9 Å². The Balaban J connectivity index is 2.12. The van der Waals surface area contributed by atoms with Crippen molar-refractivity contribution >= 4 is 28.3 Å². The molecule has 0 aliphatic heterocycles. The van der Waals surface area contributed by atoms with Crippen molar-refractivity contribution in [2.75, 3.05) is 11.9 Å². The predicted molar refractivity (Wildman–Crippen MR) is 78.9 cm³/mol. The summed E-state index contributed by atoms with van der Waals surface area (Å²) in [6.45, 7) is 4.08. The van der Waals surface area contributed by atoms with Gasteiger partial charge in [-0.2, -0.15) is 4.37 Å². The first-order chi connectivity index (χ1) is 9.10. The van der Waals surface area contributed by atoms with Crippen LogP contribution in [0.5, 0.6) is 0 Å². The van der Waals surface area contributed by atoms with Gasteiger partial charge < -0.3 is 10.4 Å². The topological polar surface area (TPSA) is 58.0 Å². The van der Waals surface area contributed by atoms with E-state index in [2.05, 4.69) is 28.5 Å². The van der Waals surface area contributed by atoms with Gasteiger partial charge >= 0.3 is 0 Å². The van der Waals surface area contributed by atoms with Crippen LogP contribution in [-0.2, 0) is 0 Å². The minimum atomic E-state index is -0.203. The minimum absolute atomic E-state index is 0.0157. The van der Waals surface area contributed by atoms with Crippen molar-refractivity contribution in [3.8, 4) is 0 Å². The Morgan fingerprint density at radius 2 is 2.00 bits per heavy atom. The molecule has 0 fully saturated rings. The summed E-state index contributed by atoms with van der Waals surface area (Å²) in [7, 11) is 0. The molecule has 0 amide bonds. The van der Waals surface area contributed by atoms with Crippen molar-refractivity contribution < 1.29 is 5.11 Å². The molecular weight excluding hydrogens is 282 g/mol. The van der Waals surface area contributed by atoms with Gasteiger partial charge in [0.1, 0.15) is 5.82 Å². The highest BCUT2D eigenvalue weighted by Crippen LogP contribution is 2.23. The first-order valence-electron chi connectivity index (χ1n) is 6.06. The third-order valence-electron chi connectivity index (χ3n) is 2.71. The van der Waals surface area contributed by atoms with Gasteiger partial charge in [0.05, 0.1) is 12.6 Å². The van der Waals surface area contributed by atoms with E-state index < -0.39 is 0 Å². The molecule has 0 bridgehead atoms. The molecule has 0 spiro atoms. The largest absolute Gasteiger partial charge is 0.394 e. The maximum Gasteiger partial charge on any atom is 0.203 e. The second-order valence-corrected chi connectivity index (χ2v) is 5.73. The van der Waals surface area contributed by atoms with Gasteiger partial charge in [-0.25, -0.2) is 4.98 Å². The molecule has 102 valence electrons. The molecule has 0 saturated carbocycles. The average molecular weight is 298 g/mol. The van der Waals surface area contributed by atoms with Gasteiger partial charge in [-0.15, -0.1) is 0 Å². The van der Waals surface area contributed by atoms with Crippen molar-refractivity contribution in [3.05, 3.63) is 40.7 Å². The number of nitrogens with zero attached hydrogens (tertiary/aromatic N) is 2. The molecule has 19 heavy (non-hydrogen) atoms. The van der Waals surface area contributed by atoms with Crippen LogP contribution in [0.3, 0.4) is 0 Å². The molecule has 0 saturated heterocycles. The maximum absolute atomic E-state index is 9.49. The maximum atomic E-state index is 9.49. The number of anilines is 1. The number of aromatic nitrogens is 2. The molecule has 4 nitrogen and oxygen atoms in total. The van der Waals surface area contributed by atoms with Crippen LogP contribution in [0.1, 0.15) is 37.2 Å². The second-order valence-electron chi connectivity index (χ2n) is 4.54. The van der Waals surface area contributed by atoms with Crippen LogP contribution >= 0.6 is 23.1 Å². The Kier molecular flexibility index (Phi) is 4.74. The van der Waals surface area contributed by atoms with Gasteiger partial charge in [0.25, 0.3) is 0 Å². The summed E-state index contributed by atoms with van der Waals surface area (Å²) in [5.74, 6) is 1.12. The summed E-state index contributed by atoms with van der Waals surface area (Å²) in [6, 6.07) is 7.19. The number of rotatable bonds is 5. The summed E-state index contributed by atoms with van der Waals surface area (Å²) >= 11 is 7.16. The quantitative estimate of drug-likeness (QED) is 0.887. The third-order valence-corrected chi connectivity index (χ3v) is 3.62. The second kappa shape index (κ2) is 6.32. The SMILES string of the molecule is CC(C)c1nsc(NC(CO)c2ccc(Cl)cc2)n1. The molecule has 1 unspecified atom stereocenters. The molecule has 2 N–H and O–H groups in total. The van der Waals surface area contributed by atoms with Crippen LogP contribution in [0.2, 0.25) is 5.02 Å². The van der Waals surface area contributed by atoms with E-state index in [9.17, 15) is 5.11 Å². The van der Waals surface area contributed by atoms with Gasteiger partial charge in [-0.3, -0.25) is 0 Å². The lowest BCUT2D eigenvalue weighted by atomic mass is 10.1. The molecule has 1 heterocycles. The lowest BCUT2D eigenvalue weighted by Gasteiger charge is -2.15. The van der Waals surface area contributed by atoms with Crippen molar-refractivity contribution in [1.82, 2.24) is 9.36 Å². The molecule has 0 aliphatic carbocycles. The van der Waals surface area contributed by atoms with Crippen LogP contribution in [0.15, 0.2) is 24.3 Å². The van der Waals surface area contributed by atoms with Gasteiger partial charge in [0.2, 0.25) is 5.13 Å². The van der Waals surface area contributed by atoms with Crippen molar-refractivity contribution in [3.63, 3.8) is 0 Å². The standard InChI is InChI=1S/C13H16ClN3OS/c1-8(2)12-16-13(19-17-12)15-11(7-18)9-3-5-10(14)6-4-9/h3-6,8,11,18H,7H2,1-2H3,(H,15,16,17). The average Bonchev–Trinajstić information content (AvgIpc) is 2.86. The molecule has 1 atom stereocenters. The Bertz CT molecular complexity index is 527. The normalized spacial score (nSPS) is 12.7. The highest BCUT2D eigenvalue weighted by Gasteiger charge is 2.14. The molecule has 2 aromatic rings. The van der Waals surface area contributed by atoms with E-state index in [1.165, 1.54) is 11.5 Å². The van der Waals surface area contributed by atoms with E-state index in [0.717, 1.165) is 16.5 Å². The molecule has 1 aromatic heterocycles. The van der Waals surface area contributed by atoms with Crippen LogP contribution in [-0.4, -0.2) is 21.1 Å². The third kappa shape index (κ3) is 3.65. The molecule has 1 aromatic carbocycles. The fourth-order valence-electron chi connectivity index (χ4n) is 1.61. The summed E-state index contributed by atoms with van der Waals surface area (Å²) in [5, 5.41) is 14.1.